The molecule has 0 saturated heterocycles. The van der Waals surface area contributed by atoms with Crippen LogP contribution in [0.2, 0.25) is 5.02 Å². The van der Waals surface area contributed by atoms with Crippen LogP contribution in [0.15, 0.2) is 60.9 Å². The zero-order chi connectivity index (χ0) is 19.2. The first-order chi connectivity index (χ1) is 13.1. The summed E-state index contributed by atoms with van der Waals surface area (Å²) >= 11 is 6.13. The van der Waals surface area contributed by atoms with Gasteiger partial charge in [-0.25, -0.2) is 0 Å². The molecule has 5 nitrogen and oxygen atoms in total. The fourth-order valence-electron chi connectivity index (χ4n) is 2.53. The predicted octanol–water partition coefficient (Wildman–Crippen LogP) is 4.08. The average Bonchev–Trinajstić information content (AvgIpc) is 2.72. The first-order valence-electron chi connectivity index (χ1n) is 8.03. The lowest BCUT2D eigenvalue weighted by atomic mass is 10.0. The van der Waals surface area contributed by atoms with Crippen molar-refractivity contribution in [3.8, 4) is 23.3 Å². The number of carbonyl (C=O) groups excluding carboxylic acids is 1. The molecular weight excluding hydrogens is 360 g/mol. The molecule has 3 rings (SSSR count). The Bertz CT molecular complexity index is 1100. The molecule has 0 spiro atoms. The summed E-state index contributed by atoms with van der Waals surface area (Å²) in [5.74, 6) is -0.291. The minimum atomic E-state index is -0.291. The topological polar surface area (TPSA) is 89.6 Å². The number of halogens is 1. The molecule has 0 unspecified atom stereocenters. The molecule has 0 atom stereocenters. The van der Waals surface area contributed by atoms with E-state index in [4.69, 9.17) is 22.1 Å². The van der Waals surface area contributed by atoms with Crippen molar-refractivity contribution in [1.82, 2.24) is 10.3 Å². The maximum absolute atomic E-state index is 12.5. The number of benzene rings is 2. The SMILES string of the molecule is N#Cc1cccc(-c2cncc(C(=O)NCc3ccc(C#N)cc3Cl)c2)c1. The van der Waals surface area contributed by atoms with Gasteiger partial charge in [-0.15, -0.1) is 0 Å². The van der Waals surface area contributed by atoms with Crippen molar-refractivity contribution in [2.24, 2.45) is 0 Å². The Kier molecular flexibility index (Phi) is 5.47. The number of hydrogen-bond donors (Lipinski definition) is 1. The highest BCUT2D eigenvalue weighted by atomic mass is 35.5. The third-order valence-corrected chi connectivity index (χ3v) is 4.30. The van der Waals surface area contributed by atoms with Gasteiger partial charge in [0, 0.05) is 29.5 Å². The standard InChI is InChI=1S/C21H13ClN4O/c22-20-7-15(10-24)4-5-17(20)13-26-21(27)19-8-18(11-25-12-19)16-3-1-2-14(6-16)9-23/h1-8,11-12H,13H2,(H,26,27). The van der Waals surface area contributed by atoms with Crippen molar-refractivity contribution in [3.05, 3.63) is 88.2 Å². The summed E-state index contributed by atoms with van der Waals surface area (Å²) in [6, 6.07) is 17.9. The van der Waals surface area contributed by atoms with Crippen LogP contribution in [0.3, 0.4) is 0 Å². The molecule has 0 bridgehead atoms. The molecule has 2 aromatic carbocycles. The lowest BCUT2D eigenvalue weighted by Crippen LogP contribution is -2.23. The highest BCUT2D eigenvalue weighted by Crippen LogP contribution is 2.21. The van der Waals surface area contributed by atoms with Gasteiger partial charge < -0.3 is 5.32 Å². The Hall–Kier alpha value is -3.67. The number of aromatic nitrogens is 1. The Labute approximate surface area is 161 Å². The van der Waals surface area contributed by atoms with Gasteiger partial charge in [-0.05, 0) is 41.5 Å². The van der Waals surface area contributed by atoms with Gasteiger partial charge in [-0.3, -0.25) is 9.78 Å². The summed E-state index contributed by atoms with van der Waals surface area (Å²) in [6.07, 6.45) is 3.12. The van der Waals surface area contributed by atoms with E-state index in [0.717, 1.165) is 16.7 Å². The van der Waals surface area contributed by atoms with E-state index in [-0.39, 0.29) is 12.5 Å². The van der Waals surface area contributed by atoms with Gasteiger partial charge in [0.1, 0.15) is 0 Å². The Morgan fingerprint density at radius 1 is 1.00 bits per heavy atom. The van der Waals surface area contributed by atoms with Crippen LogP contribution in [-0.4, -0.2) is 10.9 Å². The monoisotopic (exact) mass is 372 g/mol. The van der Waals surface area contributed by atoms with E-state index in [9.17, 15) is 4.79 Å². The van der Waals surface area contributed by atoms with Crippen LogP contribution in [0.25, 0.3) is 11.1 Å². The van der Waals surface area contributed by atoms with Crippen LogP contribution >= 0.6 is 11.6 Å². The van der Waals surface area contributed by atoms with E-state index in [1.807, 2.05) is 12.1 Å². The van der Waals surface area contributed by atoms with Crippen molar-refractivity contribution < 1.29 is 4.79 Å². The van der Waals surface area contributed by atoms with E-state index in [0.29, 0.717) is 21.7 Å². The zero-order valence-electron chi connectivity index (χ0n) is 14.1. The molecule has 1 amide bonds. The van der Waals surface area contributed by atoms with E-state index < -0.39 is 0 Å². The molecule has 1 heterocycles. The highest BCUT2D eigenvalue weighted by molar-refractivity contribution is 6.31. The number of pyridine rings is 1. The molecular formula is C21H13ClN4O. The maximum atomic E-state index is 12.5. The van der Waals surface area contributed by atoms with Crippen molar-refractivity contribution in [3.63, 3.8) is 0 Å². The summed E-state index contributed by atoms with van der Waals surface area (Å²) in [6.45, 7) is 0.234. The Morgan fingerprint density at radius 2 is 1.78 bits per heavy atom. The molecule has 27 heavy (non-hydrogen) atoms. The normalized spacial score (nSPS) is 9.89. The Morgan fingerprint density at radius 3 is 2.52 bits per heavy atom. The van der Waals surface area contributed by atoms with Gasteiger partial charge in [0.05, 0.1) is 28.8 Å². The largest absolute Gasteiger partial charge is 0.348 e. The molecule has 0 saturated carbocycles. The van der Waals surface area contributed by atoms with Gasteiger partial charge in [-0.2, -0.15) is 10.5 Å². The van der Waals surface area contributed by atoms with Gasteiger partial charge in [-0.1, -0.05) is 29.8 Å². The molecule has 1 N–H and O–H groups in total. The molecule has 130 valence electrons. The zero-order valence-corrected chi connectivity index (χ0v) is 14.9. The molecule has 0 radical (unpaired) electrons. The van der Waals surface area contributed by atoms with Crippen LogP contribution in [0.1, 0.15) is 27.0 Å². The van der Waals surface area contributed by atoms with Gasteiger partial charge in [0.2, 0.25) is 0 Å². The second-order valence-corrected chi connectivity index (χ2v) is 6.16. The van der Waals surface area contributed by atoms with Gasteiger partial charge in [0.25, 0.3) is 5.91 Å². The number of amides is 1. The van der Waals surface area contributed by atoms with Crippen molar-refractivity contribution >= 4 is 17.5 Å². The number of nitriles is 2. The fraction of sp³-hybridized carbons (Fsp3) is 0.0476. The summed E-state index contributed by atoms with van der Waals surface area (Å²) in [4.78, 5) is 16.6. The summed E-state index contributed by atoms with van der Waals surface area (Å²) < 4.78 is 0. The first kappa shape index (κ1) is 18.1. The lowest BCUT2D eigenvalue weighted by Gasteiger charge is -2.08. The quantitative estimate of drug-likeness (QED) is 0.747. The maximum Gasteiger partial charge on any atom is 0.253 e. The molecule has 6 heteroatoms. The van der Waals surface area contributed by atoms with E-state index in [2.05, 4.69) is 16.4 Å². The summed E-state index contributed by atoms with van der Waals surface area (Å²) in [5.41, 5.74) is 3.68. The third-order valence-electron chi connectivity index (χ3n) is 3.95. The summed E-state index contributed by atoms with van der Waals surface area (Å²) in [7, 11) is 0. The minimum Gasteiger partial charge on any atom is -0.348 e. The fourth-order valence-corrected chi connectivity index (χ4v) is 2.78. The van der Waals surface area contributed by atoms with E-state index in [1.54, 1.807) is 48.7 Å². The van der Waals surface area contributed by atoms with E-state index in [1.165, 1.54) is 6.20 Å². The van der Waals surface area contributed by atoms with Crippen LogP contribution in [0, 0.1) is 22.7 Å². The predicted molar refractivity (Wildman–Crippen MR) is 102 cm³/mol. The number of nitrogens with zero attached hydrogens (tertiary/aromatic N) is 3. The van der Waals surface area contributed by atoms with Gasteiger partial charge >= 0.3 is 0 Å². The first-order valence-corrected chi connectivity index (χ1v) is 8.41. The molecule has 3 aromatic rings. The van der Waals surface area contributed by atoms with Crippen LogP contribution < -0.4 is 5.32 Å². The van der Waals surface area contributed by atoms with Crippen molar-refractivity contribution in [1.29, 1.82) is 10.5 Å². The number of hydrogen-bond acceptors (Lipinski definition) is 4. The number of carbonyl (C=O) groups is 1. The van der Waals surface area contributed by atoms with E-state index >= 15 is 0 Å². The summed E-state index contributed by atoms with van der Waals surface area (Å²) in [5, 5.41) is 21.1. The molecule has 1 aromatic heterocycles. The molecule has 0 aliphatic heterocycles. The highest BCUT2D eigenvalue weighted by Gasteiger charge is 2.10. The van der Waals surface area contributed by atoms with Crippen molar-refractivity contribution in [2.75, 3.05) is 0 Å². The average molecular weight is 373 g/mol. The minimum absolute atomic E-state index is 0.234. The molecule has 0 fully saturated rings. The third kappa shape index (κ3) is 4.30. The number of rotatable bonds is 4. The molecule has 0 aliphatic carbocycles. The number of nitrogens with one attached hydrogen (secondary N) is 1. The lowest BCUT2D eigenvalue weighted by molar-refractivity contribution is 0.0950. The van der Waals surface area contributed by atoms with Crippen LogP contribution in [-0.2, 0) is 6.54 Å². The van der Waals surface area contributed by atoms with Crippen LogP contribution in [0.4, 0.5) is 0 Å². The smallest absolute Gasteiger partial charge is 0.253 e. The second kappa shape index (κ2) is 8.14. The molecule has 0 aliphatic rings. The van der Waals surface area contributed by atoms with Crippen LogP contribution in [0.5, 0.6) is 0 Å². The Balaban J connectivity index is 1.76. The van der Waals surface area contributed by atoms with Crippen molar-refractivity contribution in [2.45, 2.75) is 6.54 Å². The second-order valence-electron chi connectivity index (χ2n) is 5.76. The van der Waals surface area contributed by atoms with Gasteiger partial charge in [0.15, 0.2) is 0 Å².